The van der Waals surface area contributed by atoms with Crippen molar-refractivity contribution >= 4 is 11.6 Å². The largest absolute Gasteiger partial charge is 0.383 e. The second-order valence-corrected chi connectivity index (χ2v) is 4.57. The minimum Gasteiger partial charge on any atom is -0.383 e. The Labute approximate surface area is 92.3 Å². The van der Waals surface area contributed by atoms with E-state index in [9.17, 15) is 0 Å². The molecular formula is C11H22ClNO. The number of methoxy groups -OCH3 is 1. The van der Waals surface area contributed by atoms with Crippen LogP contribution >= 0.6 is 11.6 Å². The summed E-state index contributed by atoms with van der Waals surface area (Å²) in [6.45, 7) is 1.92. The van der Waals surface area contributed by atoms with Crippen LogP contribution in [0.4, 0.5) is 0 Å². The molecule has 84 valence electrons. The maximum Gasteiger partial charge on any atom is 0.0616 e. The first-order valence-corrected chi connectivity index (χ1v) is 6.18. The van der Waals surface area contributed by atoms with E-state index in [1.807, 2.05) is 0 Å². The SMILES string of the molecule is COCC(CCCl)NCC1CCCC1. The molecule has 3 heteroatoms. The molecule has 0 radical (unpaired) electrons. The smallest absolute Gasteiger partial charge is 0.0616 e. The molecule has 0 aliphatic heterocycles. The van der Waals surface area contributed by atoms with Crippen molar-refractivity contribution in [3.8, 4) is 0 Å². The summed E-state index contributed by atoms with van der Waals surface area (Å²) in [6.07, 6.45) is 6.62. The molecule has 1 aliphatic carbocycles. The van der Waals surface area contributed by atoms with Crippen LogP contribution in [0.1, 0.15) is 32.1 Å². The van der Waals surface area contributed by atoms with Gasteiger partial charge in [-0.3, -0.25) is 0 Å². The average Bonchev–Trinajstić information content (AvgIpc) is 2.67. The van der Waals surface area contributed by atoms with Crippen molar-refractivity contribution < 1.29 is 4.74 Å². The molecule has 0 saturated heterocycles. The molecule has 1 aliphatic rings. The third kappa shape index (κ3) is 4.63. The monoisotopic (exact) mass is 219 g/mol. The lowest BCUT2D eigenvalue weighted by atomic mass is 10.1. The first kappa shape index (κ1) is 12.3. The first-order chi connectivity index (χ1) is 6.86. The molecule has 1 rings (SSSR count). The second kappa shape index (κ2) is 7.49. The van der Waals surface area contributed by atoms with E-state index >= 15 is 0 Å². The van der Waals surface area contributed by atoms with Crippen molar-refractivity contribution in [3.63, 3.8) is 0 Å². The van der Waals surface area contributed by atoms with E-state index in [1.165, 1.54) is 25.7 Å². The zero-order valence-corrected chi connectivity index (χ0v) is 9.85. The second-order valence-electron chi connectivity index (χ2n) is 4.19. The lowest BCUT2D eigenvalue weighted by Gasteiger charge is -2.19. The topological polar surface area (TPSA) is 21.3 Å². The van der Waals surface area contributed by atoms with Gasteiger partial charge in [-0.1, -0.05) is 12.8 Å². The first-order valence-electron chi connectivity index (χ1n) is 5.65. The minimum atomic E-state index is 0.443. The van der Waals surface area contributed by atoms with Gasteiger partial charge in [0.15, 0.2) is 0 Å². The summed E-state index contributed by atoms with van der Waals surface area (Å²) < 4.78 is 5.15. The lowest BCUT2D eigenvalue weighted by molar-refractivity contribution is 0.162. The molecule has 0 bridgehead atoms. The highest BCUT2D eigenvalue weighted by atomic mass is 35.5. The maximum absolute atomic E-state index is 5.73. The molecule has 1 unspecified atom stereocenters. The molecule has 14 heavy (non-hydrogen) atoms. The number of hydrogen-bond acceptors (Lipinski definition) is 2. The predicted octanol–water partition coefficient (Wildman–Crippen LogP) is 2.41. The lowest BCUT2D eigenvalue weighted by Crippen LogP contribution is -2.36. The summed E-state index contributed by atoms with van der Waals surface area (Å²) >= 11 is 5.73. The Kier molecular flexibility index (Phi) is 6.57. The van der Waals surface area contributed by atoms with Gasteiger partial charge in [-0.05, 0) is 31.7 Å². The number of ether oxygens (including phenoxy) is 1. The molecule has 1 saturated carbocycles. The van der Waals surface area contributed by atoms with Crippen molar-refractivity contribution in [1.82, 2.24) is 5.32 Å². The quantitative estimate of drug-likeness (QED) is 0.664. The van der Waals surface area contributed by atoms with Crippen LogP contribution in [-0.4, -0.2) is 32.2 Å². The molecular weight excluding hydrogens is 198 g/mol. The fourth-order valence-electron chi connectivity index (χ4n) is 2.13. The van der Waals surface area contributed by atoms with Crippen molar-refractivity contribution in [2.45, 2.75) is 38.1 Å². The molecule has 0 aromatic heterocycles. The molecule has 1 atom stereocenters. The van der Waals surface area contributed by atoms with E-state index < -0.39 is 0 Å². The maximum atomic E-state index is 5.73. The van der Waals surface area contributed by atoms with Gasteiger partial charge in [-0.25, -0.2) is 0 Å². The number of halogens is 1. The normalized spacial score (nSPS) is 20.1. The Morgan fingerprint density at radius 1 is 1.43 bits per heavy atom. The van der Waals surface area contributed by atoms with E-state index in [4.69, 9.17) is 16.3 Å². The Morgan fingerprint density at radius 3 is 2.71 bits per heavy atom. The third-order valence-corrected chi connectivity index (χ3v) is 3.21. The summed E-state index contributed by atoms with van der Waals surface area (Å²) in [6, 6.07) is 0.443. The Bertz CT molecular complexity index is 131. The molecule has 1 N–H and O–H groups in total. The van der Waals surface area contributed by atoms with E-state index in [1.54, 1.807) is 7.11 Å². The third-order valence-electron chi connectivity index (χ3n) is 3.00. The van der Waals surface area contributed by atoms with Crippen LogP contribution < -0.4 is 5.32 Å². The fourth-order valence-corrected chi connectivity index (χ4v) is 2.39. The van der Waals surface area contributed by atoms with Gasteiger partial charge in [0.2, 0.25) is 0 Å². The number of hydrogen-bond donors (Lipinski definition) is 1. The Hall–Kier alpha value is 0.210. The number of nitrogens with one attached hydrogen (secondary N) is 1. The van der Waals surface area contributed by atoms with Crippen LogP contribution in [0.15, 0.2) is 0 Å². The van der Waals surface area contributed by atoms with Gasteiger partial charge < -0.3 is 10.1 Å². The van der Waals surface area contributed by atoms with Gasteiger partial charge in [0.1, 0.15) is 0 Å². The van der Waals surface area contributed by atoms with Gasteiger partial charge >= 0.3 is 0 Å². The highest BCUT2D eigenvalue weighted by Gasteiger charge is 2.16. The van der Waals surface area contributed by atoms with E-state index in [0.717, 1.165) is 25.5 Å². The average molecular weight is 220 g/mol. The number of alkyl halides is 1. The highest BCUT2D eigenvalue weighted by Crippen LogP contribution is 2.23. The molecule has 0 aromatic carbocycles. The summed E-state index contributed by atoms with van der Waals surface area (Å²) in [7, 11) is 1.75. The molecule has 0 amide bonds. The van der Waals surface area contributed by atoms with E-state index in [0.29, 0.717) is 11.9 Å². The van der Waals surface area contributed by atoms with Crippen LogP contribution in [0.25, 0.3) is 0 Å². The van der Waals surface area contributed by atoms with E-state index in [2.05, 4.69) is 5.32 Å². The highest BCUT2D eigenvalue weighted by molar-refractivity contribution is 6.17. The Morgan fingerprint density at radius 2 is 2.14 bits per heavy atom. The summed E-state index contributed by atoms with van der Waals surface area (Å²) in [4.78, 5) is 0. The fraction of sp³-hybridized carbons (Fsp3) is 1.00. The van der Waals surface area contributed by atoms with Crippen LogP contribution in [0, 0.1) is 5.92 Å². The molecule has 0 spiro atoms. The predicted molar refractivity (Wildman–Crippen MR) is 61.0 cm³/mol. The van der Waals surface area contributed by atoms with Gasteiger partial charge in [-0.15, -0.1) is 11.6 Å². The number of rotatable bonds is 7. The van der Waals surface area contributed by atoms with Gasteiger partial charge in [0.25, 0.3) is 0 Å². The molecule has 0 aromatic rings. The van der Waals surface area contributed by atoms with E-state index in [-0.39, 0.29) is 0 Å². The van der Waals surface area contributed by atoms with Crippen molar-refractivity contribution in [3.05, 3.63) is 0 Å². The summed E-state index contributed by atoms with van der Waals surface area (Å²) in [5.41, 5.74) is 0. The molecule has 2 nitrogen and oxygen atoms in total. The zero-order valence-electron chi connectivity index (χ0n) is 9.10. The van der Waals surface area contributed by atoms with Gasteiger partial charge in [-0.2, -0.15) is 0 Å². The van der Waals surface area contributed by atoms with Crippen molar-refractivity contribution in [2.24, 2.45) is 5.92 Å². The summed E-state index contributed by atoms with van der Waals surface area (Å²) in [5, 5.41) is 3.55. The van der Waals surface area contributed by atoms with Crippen LogP contribution in [0.2, 0.25) is 0 Å². The van der Waals surface area contributed by atoms with Crippen LogP contribution in [-0.2, 0) is 4.74 Å². The van der Waals surface area contributed by atoms with Gasteiger partial charge in [0, 0.05) is 19.0 Å². The van der Waals surface area contributed by atoms with Crippen LogP contribution in [0.5, 0.6) is 0 Å². The summed E-state index contributed by atoms with van der Waals surface area (Å²) in [5.74, 6) is 1.61. The molecule has 0 heterocycles. The molecule has 1 fully saturated rings. The Balaban J connectivity index is 2.10. The van der Waals surface area contributed by atoms with Crippen molar-refractivity contribution in [1.29, 1.82) is 0 Å². The van der Waals surface area contributed by atoms with Gasteiger partial charge in [0.05, 0.1) is 6.61 Å². The van der Waals surface area contributed by atoms with Crippen LogP contribution in [0.3, 0.4) is 0 Å². The zero-order chi connectivity index (χ0) is 10.2. The minimum absolute atomic E-state index is 0.443. The standard InChI is InChI=1S/C11H22ClNO/c1-14-9-11(6-7-12)13-8-10-4-2-3-5-10/h10-11,13H,2-9H2,1H3. The van der Waals surface area contributed by atoms with Crippen molar-refractivity contribution in [2.75, 3.05) is 26.1 Å².